The topological polar surface area (TPSA) is 41.1 Å². The first kappa shape index (κ1) is 14.8. The Hall–Kier alpha value is -0.570. The number of hydrogen-bond acceptors (Lipinski definition) is 2. The third kappa shape index (κ3) is 5.13. The maximum Gasteiger partial charge on any atom is 0.220 e. The van der Waals surface area contributed by atoms with Crippen molar-refractivity contribution < 1.29 is 4.79 Å². The Morgan fingerprint density at radius 2 is 1.95 bits per heavy atom. The first-order valence-electron chi connectivity index (χ1n) is 8.26. The normalized spacial score (nSPS) is 26.9. The molecule has 0 spiro atoms. The monoisotopic (exact) mass is 266 g/mol. The van der Waals surface area contributed by atoms with Crippen LogP contribution in [0, 0.1) is 11.8 Å². The molecule has 2 fully saturated rings. The van der Waals surface area contributed by atoms with Gasteiger partial charge in [-0.2, -0.15) is 0 Å². The second-order valence-corrected chi connectivity index (χ2v) is 6.51. The van der Waals surface area contributed by atoms with E-state index in [1.807, 2.05) is 0 Å². The quantitative estimate of drug-likeness (QED) is 0.751. The van der Waals surface area contributed by atoms with Crippen LogP contribution in [0.5, 0.6) is 0 Å². The maximum atomic E-state index is 12.0. The van der Waals surface area contributed by atoms with Crippen molar-refractivity contribution >= 4 is 5.91 Å². The third-order valence-electron chi connectivity index (χ3n) is 4.94. The molecule has 19 heavy (non-hydrogen) atoms. The highest BCUT2D eigenvalue weighted by molar-refractivity contribution is 5.76. The molecule has 0 aromatic heterocycles. The van der Waals surface area contributed by atoms with E-state index in [9.17, 15) is 4.79 Å². The van der Waals surface area contributed by atoms with E-state index in [1.54, 1.807) is 0 Å². The van der Waals surface area contributed by atoms with E-state index >= 15 is 0 Å². The lowest BCUT2D eigenvalue weighted by Crippen LogP contribution is -2.38. The van der Waals surface area contributed by atoms with E-state index < -0.39 is 0 Å². The van der Waals surface area contributed by atoms with Crippen molar-refractivity contribution in [2.24, 2.45) is 11.8 Å². The van der Waals surface area contributed by atoms with Crippen LogP contribution in [-0.4, -0.2) is 25.0 Å². The fourth-order valence-electron chi connectivity index (χ4n) is 3.55. The first-order chi connectivity index (χ1) is 9.25. The fourth-order valence-corrected chi connectivity index (χ4v) is 3.55. The van der Waals surface area contributed by atoms with Crippen molar-refractivity contribution in [1.82, 2.24) is 10.6 Å². The molecule has 2 aliphatic rings. The molecule has 0 radical (unpaired) electrons. The highest BCUT2D eigenvalue weighted by atomic mass is 16.1. The standard InChI is InChI=1S/C16H30N2O/c1-13(15-6-4-2-3-5-7-15)18-16(19)9-8-14-10-11-17-12-14/h13-15,17H,2-12H2,1H3,(H,18,19)/t13-,14?/m0/s1. The van der Waals surface area contributed by atoms with Gasteiger partial charge in [-0.25, -0.2) is 0 Å². The van der Waals surface area contributed by atoms with Gasteiger partial charge in [0.2, 0.25) is 5.91 Å². The summed E-state index contributed by atoms with van der Waals surface area (Å²) in [5, 5.41) is 6.61. The van der Waals surface area contributed by atoms with Crippen LogP contribution < -0.4 is 10.6 Å². The Labute approximate surface area is 117 Å². The molecule has 1 saturated heterocycles. The molecule has 1 unspecified atom stereocenters. The van der Waals surface area contributed by atoms with Crippen molar-refractivity contribution in [2.75, 3.05) is 13.1 Å². The van der Waals surface area contributed by atoms with Gasteiger partial charge < -0.3 is 10.6 Å². The zero-order chi connectivity index (χ0) is 13.5. The van der Waals surface area contributed by atoms with Crippen LogP contribution in [0.15, 0.2) is 0 Å². The van der Waals surface area contributed by atoms with Gasteiger partial charge in [-0.1, -0.05) is 25.7 Å². The summed E-state index contributed by atoms with van der Waals surface area (Å²) >= 11 is 0. The van der Waals surface area contributed by atoms with Crippen LogP contribution >= 0.6 is 0 Å². The Morgan fingerprint density at radius 3 is 2.58 bits per heavy atom. The molecule has 1 saturated carbocycles. The second kappa shape index (κ2) is 7.88. The van der Waals surface area contributed by atoms with Crippen LogP contribution in [0.25, 0.3) is 0 Å². The molecule has 3 heteroatoms. The minimum absolute atomic E-state index is 0.267. The molecule has 1 aliphatic heterocycles. The van der Waals surface area contributed by atoms with Crippen LogP contribution in [0.2, 0.25) is 0 Å². The highest BCUT2D eigenvalue weighted by Crippen LogP contribution is 2.25. The zero-order valence-corrected chi connectivity index (χ0v) is 12.4. The zero-order valence-electron chi connectivity index (χ0n) is 12.4. The first-order valence-corrected chi connectivity index (χ1v) is 8.26. The van der Waals surface area contributed by atoms with Gasteiger partial charge in [0, 0.05) is 12.5 Å². The minimum atomic E-state index is 0.267. The number of amides is 1. The number of carbonyl (C=O) groups excluding carboxylic acids is 1. The van der Waals surface area contributed by atoms with Crippen LogP contribution in [-0.2, 0) is 4.79 Å². The molecule has 2 rings (SSSR count). The summed E-state index contributed by atoms with van der Waals surface area (Å²) < 4.78 is 0. The molecule has 3 nitrogen and oxygen atoms in total. The van der Waals surface area contributed by atoms with Gasteiger partial charge in [0.25, 0.3) is 0 Å². The molecule has 0 aromatic carbocycles. The van der Waals surface area contributed by atoms with Crippen LogP contribution in [0.1, 0.15) is 64.7 Å². The summed E-state index contributed by atoms with van der Waals surface area (Å²) in [6.07, 6.45) is 11.1. The number of nitrogens with one attached hydrogen (secondary N) is 2. The average molecular weight is 266 g/mol. The molecular weight excluding hydrogens is 236 g/mol. The molecule has 1 aliphatic carbocycles. The lowest BCUT2D eigenvalue weighted by molar-refractivity contribution is -0.122. The largest absolute Gasteiger partial charge is 0.353 e. The summed E-state index contributed by atoms with van der Waals surface area (Å²) in [7, 11) is 0. The van der Waals surface area contributed by atoms with Crippen LogP contribution in [0.3, 0.4) is 0 Å². The predicted molar refractivity (Wildman–Crippen MR) is 79.0 cm³/mol. The summed E-state index contributed by atoms with van der Waals surface area (Å²) in [5.41, 5.74) is 0. The molecule has 2 atom stereocenters. The van der Waals surface area contributed by atoms with Gasteiger partial charge >= 0.3 is 0 Å². The Bertz CT molecular complexity index is 266. The lowest BCUT2D eigenvalue weighted by atomic mass is 9.92. The fraction of sp³-hybridized carbons (Fsp3) is 0.938. The number of carbonyl (C=O) groups is 1. The Kier molecular flexibility index (Phi) is 6.15. The minimum Gasteiger partial charge on any atom is -0.353 e. The number of rotatable bonds is 5. The van der Waals surface area contributed by atoms with Gasteiger partial charge in [-0.15, -0.1) is 0 Å². The van der Waals surface area contributed by atoms with E-state index in [0.29, 0.717) is 18.4 Å². The summed E-state index contributed by atoms with van der Waals surface area (Å²) in [6, 6.07) is 0.368. The molecule has 0 bridgehead atoms. The lowest BCUT2D eigenvalue weighted by Gasteiger charge is -2.23. The van der Waals surface area contributed by atoms with E-state index in [2.05, 4.69) is 17.6 Å². The molecule has 110 valence electrons. The van der Waals surface area contributed by atoms with Gasteiger partial charge in [0.15, 0.2) is 0 Å². The van der Waals surface area contributed by atoms with E-state index in [1.165, 1.54) is 44.9 Å². The van der Waals surface area contributed by atoms with Crippen molar-refractivity contribution in [3.05, 3.63) is 0 Å². The molecule has 1 amide bonds. The summed E-state index contributed by atoms with van der Waals surface area (Å²) in [6.45, 7) is 4.43. The van der Waals surface area contributed by atoms with Gasteiger partial charge in [0.05, 0.1) is 0 Å². The molecule has 0 aromatic rings. The van der Waals surface area contributed by atoms with Crippen molar-refractivity contribution in [1.29, 1.82) is 0 Å². The Morgan fingerprint density at radius 1 is 1.21 bits per heavy atom. The smallest absolute Gasteiger partial charge is 0.220 e. The van der Waals surface area contributed by atoms with E-state index in [0.717, 1.165) is 25.4 Å². The van der Waals surface area contributed by atoms with Crippen molar-refractivity contribution in [3.63, 3.8) is 0 Å². The van der Waals surface area contributed by atoms with Gasteiger partial charge in [-0.3, -0.25) is 4.79 Å². The molecular formula is C16H30N2O. The molecule has 2 N–H and O–H groups in total. The second-order valence-electron chi connectivity index (χ2n) is 6.51. The summed E-state index contributed by atoms with van der Waals surface area (Å²) in [5.74, 6) is 1.70. The Balaban J connectivity index is 1.65. The average Bonchev–Trinajstić information content (AvgIpc) is 2.76. The van der Waals surface area contributed by atoms with Crippen molar-refractivity contribution in [2.45, 2.75) is 70.8 Å². The van der Waals surface area contributed by atoms with E-state index in [-0.39, 0.29) is 5.91 Å². The van der Waals surface area contributed by atoms with Crippen molar-refractivity contribution in [3.8, 4) is 0 Å². The van der Waals surface area contributed by atoms with Crippen LogP contribution in [0.4, 0.5) is 0 Å². The van der Waals surface area contributed by atoms with E-state index in [4.69, 9.17) is 0 Å². The highest BCUT2D eigenvalue weighted by Gasteiger charge is 2.21. The summed E-state index contributed by atoms with van der Waals surface area (Å²) in [4.78, 5) is 12.0. The van der Waals surface area contributed by atoms with Gasteiger partial charge in [-0.05, 0) is 57.5 Å². The molecule has 1 heterocycles. The maximum absolute atomic E-state index is 12.0. The third-order valence-corrected chi connectivity index (χ3v) is 4.94. The number of hydrogen-bond donors (Lipinski definition) is 2. The SMILES string of the molecule is C[C@H](NC(=O)CCC1CCNC1)C1CCCCCC1. The van der Waals surface area contributed by atoms with Gasteiger partial charge in [0.1, 0.15) is 0 Å². The predicted octanol–water partition coefficient (Wildman–Crippen LogP) is 2.85.